The lowest BCUT2D eigenvalue weighted by Gasteiger charge is -2.20. The Hall–Kier alpha value is -1.17. The van der Waals surface area contributed by atoms with Crippen molar-refractivity contribution < 1.29 is 4.79 Å². The molecule has 0 spiro atoms. The molecule has 0 radical (unpaired) electrons. The van der Waals surface area contributed by atoms with Crippen LogP contribution in [0.5, 0.6) is 0 Å². The third kappa shape index (κ3) is 3.77. The van der Waals surface area contributed by atoms with Crippen molar-refractivity contribution >= 4 is 45.7 Å². The molecule has 2 aromatic rings. The van der Waals surface area contributed by atoms with Crippen LogP contribution in [-0.2, 0) is 0 Å². The molecule has 1 N–H and O–H groups in total. The third-order valence-corrected chi connectivity index (χ3v) is 6.07. The summed E-state index contributed by atoms with van der Waals surface area (Å²) < 4.78 is 0. The first-order valence-electron chi connectivity index (χ1n) is 7.19. The van der Waals surface area contributed by atoms with E-state index in [2.05, 4.69) is 11.4 Å². The highest BCUT2D eigenvalue weighted by molar-refractivity contribution is 7.99. The summed E-state index contributed by atoms with van der Waals surface area (Å²) in [4.78, 5) is 14.2. The Kier molecular flexibility index (Phi) is 5.28. The molecule has 0 saturated carbocycles. The molecular formula is C16H17ClN2OS2. The van der Waals surface area contributed by atoms with Gasteiger partial charge in [0.1, 0.15) is 0 Å². The second kappa shape index (κ2) is 7.40. The molecular weight excluding hydrogens is 336 g/mol. The van der Waals surface area contributed by atoms with Gasteiger partial charge in [0, 0.05) is 29.1 Å². The minimum Gasteiger partial charge on any atom is -0.324 e. The van der Waals surface area contributed by atoms with E-state index in [-0.39, 0.29) is 6.03 Å². The summed E-state index contributed by atoms with van der Waals surface area (Å²) in [5.41, 5.74) is 1.18. The number of benzene rings is 1. The zero-order valence-electron chi connectivity index (χ0n) is 12.0. The van der Waals surface area contributed by atoms with E-state index in [1.54, 1.807) is 0 Å². The van der Waals surface area contributed by atoms with Gasteiger partial charge < -0.3 is 4.90 Å². The average molecular weight is 353 g/mol. The number of thiophene rings is 1. The maximum absolute atomic E-state index is 12.3. The number of anilines is 1. The number of thioether (sulfide) groups is 1. The summed E-state index contributed by atoms with van der Waals surface area (Å²) in [6.45, 7) is 1.52. The first-order chi connectivity index (χ1) is 10.7. The maximum atomic E-state index is 12.3. The largest absolute Gasteiger partial charge is 0.324 e. The lowest BCUT2D eigenvalue weighted by molar-refractivity contribution is 0.215. The van der Waals surface area contributed by atoms with Crippen molar-refractivity contribution in [2.75, 3.05) is 24.2 Å². The van der Waals surface area contributed by atoms with Gasteiger partial charge in [-0.15, -0.1) is 11.3 Å². The van der Waals surface area contributed by atoms with Gasteiger partial charge in [-0.1, -0.05) is 29.8 Å². The Balaban J connectivity index is 1.62. The predicted molar refractivity (Wildman–Crippen MR) is 96.2 cm³/mol. The van der Waals surface area contributed by atoms with Crippen LogP contribution in [0.4, 0.5) is 9.80 Å². The predicted octanol–water partition coefficient (Wildman–Crippen LogP) is 5.11. The molecule has 0 aliphatic carbocycles. The molecule has 1 unspecified atom stereocenters. The van der Waals surface area contributed by atoms with Gasteiger partial charge in [-0.25, -0.2) is 4.79 Å². The van der Waals surface area contributed by atoms with Crippen molar-refractivity contribution in [2.24, 2.45) is 0 Å². The number of rotatable bonds is 2. The number of nitrogens with one attached hydrogen (secondary N) is 1. The fourth-order valence-corrected chi connectivity index (χ4v) is 4.70. The van der Waals surface area contributed by atoms with Crippen molar-refractivity contribution in [2.45, 2.75) is 11.7 Å². The zero-order valence-corrected chi connectivity index (χ0v) is 14.4. The maximum Gasteiger partial charge on any atom is 0.322 e. The molecule has 2 amide bonds. The lowest BCUT2D eigenvalue weighted by atomic mass is 10.1. The van der Waals surface area contributed by atoms with Crippen LogP contribution in [0, 0.1) is 0 Å². The molecule has 6 heteroatoms. The highest BCUT2D eigenvalue weighted by atomic mass is 35.5. The van der Waals surface area contributed by atoms with Gasteiger partial charge in [0.25, 0.3) is 0 Å². The van der Waals surface area contributed by atoms with Crippen LogP contribution in [0.25, 0.3) is 0 Å². The van der Waals surface area contributed by atoms with Gasteiger partial charge in [0.05, 0.1) is 5.00 Å². The van der Waals surface area contributed by atoms with Gasteiger partial charge in [0.2, 0.25) is 0 Å². The first-order valence-corrected chi connectivity index (χ1v) is 9.50. The van der Waals surface area contributed by atoms with Crippen LogP contribution in [0.3, 0.4) is 0 Å². The molecule has 2 heterocycles. The Morgan fingerprint density at radius 3 is 2.86 bits per heavy atom. The van der Waals surface area contributed by atoms with Crippen molar-refractivity contribution in [3.05, 3.63) is 52.4 Å². The van der Waals surface area contributed by atoms with E-state index >= 15 is 0 Å². The SMILES string of the molecule is O=C(Nc1cccs1)N1CCSC(c2ccccc2Cl)CC1. The van der Waals surface area contributed by atoms with Crippen LogP contribution in [-0.4, -0.2) is 29.8 Å². The molecule has 1 atom stereocenters. The molecule has 116 valence electrons. The van der Waals surface area contributed by atoms with E-state index in [4.69, 9.17) is 11.6 Å². The number of carbonyl (C=O) groups excluding carboxylic acids is 1. The van der Waals surface area contributed by atoms with E-state index in [1.807, 2.05) is 52.4 Å². The normalized spacial score (nSPS) is 18.8. The van der Waals surface area contributed by atoms with E-state index in [9.17, 15) is 4.79 Å². The Labute approximate surface area is 143 Å². The minimum atomic E-state index is -0.0112. The molecule has 22 heavy (non-hydrogen) atoms. The number of amides is 2. The van der Waals surface area contributed by atoms with Gasteiger partial charge in [0.15, 0.2) is 0 Å². The van der Waals surface area contributed by atoms with Crippen LogP contribution in [0.15, 0.2) is 41.8 Å². The number of hydrogen-bond donors (Lipinski definition) is 1. The summed E-state index contributed by atoms with van der Waals surface area (Å²) in [5.74, 6) is 0.924. The summed E-state index contributed by atoms with van der Waals surface area (Å²) in [5, 5.41) is 6.98. The molecule has 1 fully saturated rings. The summed E-state index contributed by atoms with van der Waals surface area (Å²) in [6.07, 6.45) is 0.923. The molecule has 1 saturated heterocycles. The molecule has 3 nitrogen and oxygen atoms in total. The van der Waals surface area contributed by atoms with Crippen molar-refractivity contribution in [3.63, 3.8) is 0 Å². The Morgan fingerprint density at radius 1 is 1.23 bits per heavy atom. The number of urea groups is 1. The molecule has 1 aromatic carbocycles. The summed E-state index contributed by atoms with van der Waals surface area (Å²) in [6, 6.07) is 11.8. The smallest absolute Gasteiger partial charge is 0.322 e. The van der Waals surface area contributed by atoms with Crippen LogP contribution in [0.2, 0.25) is 5.02 Å². The van der Waals surface area contributed by atoms with Gasteiger partial charge in [-0.2, -0.15) is 11.8 Å². The average Bonchev–Trinajstić information content (AvgIpc) is 2.90. The molecule has 1 aliphatic rings. The molecule has 1 aromatic heterocycles. The second-order valence-electron chi connectivity index (χ2n) is 5.06. The topological polar surface area (TPSA) is 32.3 Å². The van der Waals surface area contributed by atoms with Crippen molar-refractivity contribution in [3.8, 4) is 0 Å². The van der Waals surface area contributed by atoms with Crippen molar-refractivity contribution in [1.29, 1.82) is 0 Å². The van der Waals surface area contributed by atoms with Gasteiger partial charge in [-0.3, -0.25) is 5.32 Å². The Bertz CT molecular complexity index is 633. The standard InChI is InChI=1S/C16H17ClN2OS2/c17-13-5-2-1-4-12(13)14-7-8-19(9-11-21-14)16(20)18-15-6-3-10-22-15/h1-6,10,14H,7-9,11H2,(H,18,20). The van der Waals surface area contributed by atoms with E-state index < -0.39 is 0 Å². The van der Waals surface area contributed by atoms with E-state index in [1.165, 1.54) is 16.9 Å². The Morgan fingerprint density at radius 2 is 2.09 bits per heavy atom. The van der Waals surface area contributed by atoms with Crippen LogP contribution in [0.1, 0.15) is 17.2 Å². The number of halogens is 1. The second-order valence-corrected chi connectivity index (χ2v) is 7.73. The van der Waals surface area contributed by atoms with Gasteiger partial charge in [-0.05, 0) is 35.6 Å². The summed E-state index contributed by atoms with van der Waals surface area (Å²) >= 11 is 9.72. The minimum absolute atomic E-state index is 0.0112. The molecule has 3 rings (SSSR count). The van der Waals surface area contributed by atoms with E-state index in [0.29, 0.717) is 5.25 Å². The lowest BCUT2D eigenvalue weighted by Crippen LogP contribution is -2.36. The van der Waals surface area contributed by atoms with Crippen LogP contribution < -0.4 is 5.32 Å². The van der Waals surface area contributed by atoms with Crippen LogP contribution >= 0.6 is 34.7 Å². The molecule has 1 aliphatic heterocycles. The highest BCUT2D eigenvalue weighted by Gasteiger charge is 2.23. The highest BCUT2D eigenvalue weighted by Crippen LogP contribution is 2.37. The number of hydrogen-bond acceptors (Lipinski definition) is 3. The fraction of sp³-hybridized carbons (Fsp3) is 0.312. The first kappa shape index (κ1) is 15.7. The van der Waals surface area contributed by atoms with Gasteiger partial charge >= 0.3 is 6.03 Å². The monoisotopic (exact) mass is 352 g/mol. The quantitative estimate of drug-likeness (QED) is 0.814. The van der Waals surface area contributed by atoms with E-state index in [0.717, 1.165) is 35.3 Å². The molecule has 0 bridgehead atoms. The van der Waals surface area contributed by atoms with Crippen molar-refractivity contribution in [1.82, 2.24) is 4.90 Å². The number of nitrogens with zero attached hydrogens (tertiary/aromatic N) is 1. The fourth-order valence-electron chi connectivity index (χ4n) is 2.49. The number of carbonyl (C=O) groups is 1. The summed E-state index contributed by atoms with van der Waals surface area (Å²) in [7, 11) is 0. The zero-order chi connectivity index (χ0) is 15.4. The third-order valence-electron chi connectivity index (χ3n) is 3.63.